The Kier molecular flexibility index (Phi) is 3.55. The molecule has 0 amide bonds. The fraction of sp³-hybridized carbons (Fsp3) is 1.00. The number of nitrogens with one attached hydrogen (secondary N) is 1. The molecule has 4 N–H and O–H groups in total. The van der Waals surface area contributed by atoms with Gasteiger partial charge in [-0.05, 0) is 0 Å². The summed E-state index contributed by atoms with van der Waals surface area (Å²) in [5.41, 5.74) is 1.60. The third-order valence-electron chi connectivity index (χ3n) is 0.300. The summed E-state index contributed by atoms with van der Waals surface area (Å²) in [5, 5.41) is 8.27. The second kappa shape index (κ2) is 3.42. The smallest absolute Gasteiger partial charge is 0.110 e. The number of rotatable bonds is 2. The topological polar surface area (TPSA) is 58.3 Å². The summed E-state index contributed by atoms with van der Waals surface area (Å²) in [4.78, 5) is 0. The number of aliphatic hydroxyl groups is 1. The lowest BCUT2D eigenvalue weighted by molar-refractivity contribution is 0.261. The third kappa shape index (κ3) is 4.23. The zero-order valence-electron chi connectivity index (χ0n) is 3.26. The van der Waals surface area contributed by atoms with Crippen molar-refractivity contribution in [3.05, 3.63) is 0 Å². The van der Waals surface area contributed by atoms with Gasteiger partial charge in [0.15, 0.2) is 0 Å². The minimum absolute atomic E-state index is 0.323. The van der Waals surface area contributed by atoms with Crippen molar-refractivity contribution in [1.82, 2.24) is 5.43 Å². The molecule has 4 heteroatoms. The molecule has 0 aromatic rings. The molecule has 0 aliphatic carbocycles. The van der Waals surface area contributed by atoms with Crippen LogP contribution < -0.4 is 11.3 Å². The standard InChI is InChI=1S/C2H8N2OS/c3-4-1-2(5)6/h2,4-6H,1,3H2. The van der Waals surface area contributed by atoms with Crippen LogP contribution in [0, 0.1) is 0 Å². The van der Waals surface area contributed by atoms with Gasteiger partial charge in [-0.2, -0.15) is 0 Å². The molecular formula is C2H8N2OS. The van der Waals surface area contributed by atoms with Crippen LogP contribution in [0.5, 0.6) is 0 Å². The van der Waals surface area contributed by atoms with Crippen LogP contribution in [-0.4, -0.2) is 17.1 Å². The van der Waals surface area contributed by atoms with Crippen LogP contribution in [-0.2, 0) is 0 Å². The molecule has 6 heavy (non-hydrogen) atoms. The summed E-state index contributed by atoms with van der Waals surface area (Å²) in [6, 6.07) is 0. The highest BCUT2D eigenvalue weighted by Crippen LogP contribution is 1.80. The number of nitrogens with two attached hydrogens (primary N) is 1. The first-order valence-electron chi connectivity index (χ1n) is 1.57. The Morgan fingerprint density at radius 3 is 2.50 bits per heavy atom. The van der Waals surface area contributed by atoms with E-state index in [-0.39, 0.29) is 0 Å². The van der Waals surface area contributed by atoms with Gasteiger partial charge in [0.2, 0.25) is 0 Å². The number of hydrazine groups is 1. The van der Waals surface area contributed by atoms with Gasteiger partial charge >= 0.3 is 0 Å². The van der Waals surface area contributed by atoms with Crippen molar-refractivity contribution < 1.29 is 5.11 Å². The van der Waals surface area contributed by atoms with Gasteiger partial charge in [-0.25, -0.2) is 0 Å². The van der Waals surface area contributed by atoms with Gasteiger partial charge < -0.3 is 5.11 Å². The maximum atomic E-state index is 8.27. The van der Waals surface area contributed by atoms with Crippen molar-refractivity contribution in [1.29, 1.82) is 0 Å². The minimum atomic E-state index is -0.644. The van der Waals surface area contributed by atoms with Gasteiger partial charge in [0.1, 0.15) is 5.44 Å². The van der Waals surface area contributed by atoms with Crippen LogP contribution in [0.4, 0.5) is 0 Å². The number of aliphatic hydroxyl groups excluding tert-OH is 1. The Bertz CT molecular complexity index is 32.7. The molecule has 0 radical (unpaired) electrons. The molecule has 0 heterocycles. The fourth-order valence-electron chi connectivity index (χ4n) is 0.105. The minimum Gasteiger partial charge on any atom is -0.381 e. The van der Waals surface area contributed by atoms with E-state index >= 15 is 0 Å². The van der Waals surface area contributed by atoms with Crippen LogP contribution in [0.2, 0.25) is 0 Å². The molecule has 0 aliphatic heterocycles. The lowest BCUT2D eigenvalue weighted by Gasteiger charge is -1.96. The molecule has 3 nitrogen and oxygen atoms in total. The summed E-state index contributed by atoms with van der Waals surface area (Å²) in [6.45, 7) is 0.323. The van der Waals surface area contributed by atoms with Crippen LogP contribution in [0.1, 0.15) is 0 Å². The summed E-state index contributed by atoms with van der Waals surface area (Å²) in [5.74, 6) is 4.77. The predicted molar refractivity (Wildman–Crippen MR) is 27.2 cm³/mol. The first kappa shape index (κ1) is 6.23. The van der Waals surface area contributed by atoms with E-state index in [1.807, 2.05) is 0 Å². The Morgan fingerprint density at radius 1 is 2.00 bits per heavy atom. The molecule has 38 valence electrons. The van der Waals surface area contributed by atoms with E-state index in [1.165, 1.54) is 0 Å². The molecule has 0 rings (SSSR count). The van der Waals surface area contributed by atoms with E-state index in [0.717, 1.165) is 0 Å². The van der Waals surface area contributed by atoms with Gasteiger partial charge in [0.25, 0.3) is 0 Å². The lowest BCUT2D eigenvalue weighted by atomic mass is 10.7. The second-order valence-electron chi connectivity index (χ2n) is 0.889. The zero-order valence-corrected chi connectivity index (χ0v) is 4.15. The van der Waals surface area contributed by atoms with Crippen molar-refractivity contribution >= 4 is 12.6 Å². The van der Waals surface area contributed by atoms with Crippen LogP contribution in [0.3, 0.4) is 0 Å². The van der Waals surface area contributed by atoms with E-state index in [2.05, 4.69) is 18.1 Å². The average molecular weight is 108 g/mol. The Morgan fingerprint density at radius 2 is 2.50 bits per heavy atom. The number of hydrogen-bond donors (Lipinski definition) is 4. The monoisotopic (exact) mass is 108 g/mol. The van der Waals surface area contributed by atoms with Gasteiger partial charge in [-0.3, -0.25) is 11.3 Å². The Hall–Kier alpha value is 0.230. The highest BCUT2D eigenvalue weighted by atomic mass is 32.1. The maximum absolute atomic E-state index is 8.27. The van der Waals surface area contributed by atoms with Crippen LogP contribution >= 0.6 is 12.6 Å². The molecular weight excluding hydrogens is 100 g/mol. The number of hydrogen-bond acceptors (Lipinski definition) is 4. The lowest BCUT2D eigenvalue weighted by Crippen LogP contribution is -2.28. The molecule has 0 bridgehead atoms. The first-order chi connectivity index (χ1) is 2.77. The summed E-state index contributed by atoms with van der Waals surface area (Å²) >= 11 is 3.59. The summed E-state index contributed by atoms with van der Waals surface area (Å²) in [6.07, 6.45) is 0. The molecule has 1 unspecified atom stereocenters. The van der Waals surface area contributed by atoms with Crippen LogP contribution in [0.25, 0.3) is 0 Å². The van der Waals surface area contributed by atoms with Crippen LogP contribution in [0.15, 0.2) is 0 Å². The largest absolute Gasteiger partial charge is 0.381 e. The second-order valence-corrected chi connectivity index (χ2v) is 1.48. The van der Waals surface area contributed by atoms with Gasteiger partial charge in [-0.1, -0.05) is 0 Å². The van der Waals surface area contributed by atoms with Crippen molar-refractivity contribution in [2.24, 2.45) is 5.84 Å². The summed E-state index contributed by atoms with van der Waals surface area (Å²) in [7, 11) is 0. The Labute approximate surface area is 41.9 Å². The fourth-order valence-corrected chi connectivity index (χ4v) is 0.211. The van der Waals surface area contributed by atoms with Crippen molar-refractivity contribution in [3.63, 3.8) is 0 Å². The predicted octanol–water partition coefficient (Wildman–Crippen LogP) is -1.30. The molecule has 0 saturated heterocycles. The highest BCUT2D eigenvalue weighted by Gasteiger charge is 1.87. The maximum Gasteiger partial charge on any atom is 0.110 e. The van der Waals surface area contributed by atoms with Crippen molar-refractivity contribution in [2.75, 3.05) is 6.54 Å². The zero-order chi connectivity index (χ0) is 4.99. The van der Waals surface area contributed by atoms with Gasteiger partial charge in [-0.15, -0.1) is 12.6 Å². The quantitative estimate of drug-likeness (QED) is 0.154. The SMILES string of the molecule is NNCC(O)S. The van der Waals surface area contributed by atoms with E-state index in [1.54, 1.807) is 0 Å². The normalized spacial score (nSPS) is 14.5. The molecule has 0 fully saturated rings. The van der Waals surface area contributed by atoms with Gasteiger partial charge in [0.05, 0.1) is 0 Å². The molecule has 1 atom stereocenters. The average Bonchev–Trinajstić information content (AvgIpc) is 1.35. The highest BCUT2D eigenvalue weighted by molar-refractivity contribution is 7.80. The van der Waals surface area contributed by atoms with Crippen molar-refractivity contribution in [2.45, 2.75) is 5.44 Å². The molecule has 0 aromatic heterocycles. The first-order valence-corrected chi connectivity index (χ1v) is 2.08. The van der Waals surface area contributed by atoms with Crippen molar-refractivity contribution in [3.8, 4) is 0 Å². The molecule has 0 spiro atoms. The molecule has 0 aliphatic rings. The molecule has 0 saturated carbocycles. The third-order valence-corrected chi connectivity index (χ3v) is 0.483. The van der Waals surface area contributed by atoms with Gasteiger partial charge in [0, 0.05) is 6.54 Å². The van der Waals surface area contributed by atoms with E-state index in [0.29, 0.717) is 6.54 Å². The van der Waals surface area contributed by atoms with E-state index in [9.17, 15) is 0 Å². The van der Waals surface area contributed by atoms with E-state index in [4.69, 9.17) is 10.9 Å². The molecule has 0 aromatic carbocycles. The number of thiol groups is 1. The Balaban J connectivity index is 2.63. The van der Waals surface area contributed by atoms with E-state index < -0.39 is 5.44 Å². The summed E-state index contributed by atoms with van der Waals surface area (Å²) < 4.78 is 0.